The van der Waals surface area contributed by atoms with Gasteiger partial charge in [-0.25, -0.2) is 4.39 Å². The Balaban J connectivity index is 2.62. The molecule has 0 fully saturated rings. The standard InChI is InChI=1S/C12H14FNO/c1-12(2)7-14-6-11(15)9-4-3-8(13)5-10(9)12/h3-5,14H,6-7H2,1-2H3. The van der Waals surface area contributed by atoms with E-state index in [1.165, 1.54) is 12.1 Å². The van der Waals surface area contributed by atoms with E-state index in [1.54, 1.807) is 6.07 Å². The van der Waals surface area contributed by atoms with E-state index in [0.717, 1.165) is 5.56 Å². The molecule has 1 heterocycles. The molecule has 0 saturated heterocycles. The molecule has 80 valence electrons. The van der Waals surface area contributed by atoms with Gasteiger partial charge in [0.1, 0.15) is 5.82 Å². The fourth-order valence-electron chi connectivity index (χ4n) is 2.00. The lowest BCUT2D eigenvalue weighted by Gasteiger charge is -2.24. The van der Waals surface area contributed by atoms with Crippen molar-refractivity contribution in [2.45, 2.75) is 19.3 Å². The second-order valence-electron chi connectivity index (χ2n) is 4.60. The Morgan fingerprint density at radius 1 is 1.40 bits per heavy atom. The molecule has 15 heavy (non-hydrogen) atoms. The van der Waals surface area contributed by atoms with Crippen LogP contribution in [0.25, 0.3) is 0 Å². The number of carbonyl (C=O) groups excluding carboxylic acids is 1. The molecule has 1 aliphatic rings. The molecular formula is C12H14FNO. The fraction of sp³-hybridized carbons (Fsp3) is 0.417. The maximum Gasteiger partial charge on any atom is 0.176 e. The minimum atomic E-state index is -0.281. The zero-order valence-electron chi connectivity index (χ0n) is 8.93. The number of rotatable bonds is 0. The van der Waals surface area contributed by atoms with Crippen LogP contribution in [-0.4, -0.2) is 18.9 Å². The number of hydrogen-bond donors (Lipinski definition) is 1. The highest BCUT2D eigenvalue weighted by atomic mass is 19.1. The largest absolute Gasteiger partial charge is 0.309 e. The average Bonchev–Trinajstić information content (AvgIpc) is 2.26. The third kappa shape index (κ3) is 1.79. The van der Waals surface area contributed by atoms with Crippen LogP contribution in [0.4, 0.5) is 4.39 Å². The Labute approximate surface area is 88.5 Å². The monoisotopic (exact) mass is 207 g/mol. The van der Waals surface area contributed by atoms with Crippen LogP contribution in [0.1, 0.15) is 29.8 Å². The molecule has 0 radical (unpaired) electrons. The molecule has 2 nitrogen and oxygen atoms in total. The van der Waals surface area contributed by atoms with Gasteiger partial charge in [-0.2, -0.15) is 0 Å². The van der Waals surface area contributed by atoms with Gasteiger partial charge in [0.15, 0.2) is 5.78 Å². The highest BCUT2D eigenvalue weighted by Gasteiger charge is 2.29. The Morgan fingerprint density at radius 3 is 2.87 bits per heavy atom. The van der Waals surface area contributed by atoms with E-state index in [9.17, 15) is 9.18 Å². The lowest BCUT2D eigenvalue weighted by atomic mass is 9.82. The van der Waals surface area contributed by atoms with E-state index in [-0.39, 0.29) is 17.0 Å². The summed E-state index contributed by atoms with van der Waals surface area (Å²) in [4.78, 5) is 11.7. The molecule has 1 aliphatic heterocycles. The summed E-state index contributed by atoms with van der Waals surface area (Å²) in [7, 11) is 0. The highest BCUT2D eigenvalue weighted by molar-refractivity contribution is 5.99. The summed E-state index contributed by atoms with van der Waals surface area (Å²) < 4.78 is 13.2. The van der Waals surface area contributed by atoms with Crippen molar-refractivity contribution in [2.24, 2.45) is 0 Å². The summed E-state index contributed by atoms with van der Waals surface area (Å²) >= 11 is 0. The number of hydrogen-bond acceptors (Lipinski definition) is 2. The van der Waals surface area contributed by atoms with Crippen molar-refractivity contribution in [2.75, 3.05) is 13.1 Å². The van der Waals surface area contributed by atoms with Gasteiger partial charge in [-0.05, 0) is 23.8 Å². The topological polar surface area (TPSA) is 29.1 Å². The summed E-state index contributed by atoms with van der Waals surface area (Å²) in [5, 5.41) is 3.08. The second kappa shape index (κ2) is 3.42. The minimum absolute atomic E-state index is 0.0376. The Bertz CT molecular complexity index is 412. The number of ketones is 1. The van der Waals surface area contributed by atoms with Gasteiger partial charge in [0.2, 0.25) is 0 Å². The smallest absolute Gasteiger partial charge is 0.176 e. The number of halogens is 1. The second-order valence-corrected chi connectivity index (χ2v) is 4.60. The number of Topliss-reactive ketones (excluding diaryl/α,β-unsaturated/α-hetero) is 1. The lowest BCUT2D eigenvalue weighted by molar-refractivity contribution is 0.0994. The molecule has 1 aromatic rings. The average molecular weight is 207 g/mol. The van der Waals surface area contributed by atoms with E-state index in [4.69, 9.17) is 0 Å². The maximum atomic E-state index is 13.2. The highest BCUT2D eigenvalue weighted by Crippen LogP contribution is 2.28. The molecular weight excluding hydrogens is 193 g/mol. The van der Waals surface area contributed by atoms with Gasteiger partial charge in [-0.15, -0.1) is 0 Å². The van der Waals surface area contributed by atoms with E-state index in [2.05, 4.69) is 5.32 Å². The van der Waals surface area contributed by atoms with Crippen molar-refractivity contribution in [3.63, 3.8) is 0 Å². The normalized spacial score (nSPS) is 19.5. The van der Waals surface area contributed by atoms with Gasteiger partial charge in [0, 0.05) is 17.5 Å². The quantitative estimate of drug-likeness (QED) is 0.704. The van der Waals surface area contributed by atoms with E-state index in [0.29, 0.717) is 18.7 Å². The van der Waals surface area contributed by atoms with E-state index >= 15 is 0 Å². The zero-order chi connectivity index (χ0) is 11.1. The molecule has 0 unspecified atom stereocenters. The van der Waals surface area contributed by atoms with Crippen molar-refractivity contribution >= 4 is 5.78 Å². The van der Waals surface area contributed by atoms with E-state index in [1.807, 2.05) is 13.8 Å². The maximum absolute atomic E-state index is 13.2. The minimum Gasteiger partial charge on any atom is -0.309 e. The summed E-state index contributed by atoms with van der Waals surface area (Å²) in [5.74, 6) is -0.243. The van der Waals surface area contributed by atoms with E-state index < -0.39 is 0 Å². The molecule has 0 aliphatic carbocycles. The summed E-state index contributed by atoms with van der Waals surface area (Å²) in [5.41, 5.74) is 1.24. The molecule has 0 amide bonds. The number of fused-ring (bicyclic) bond motifs is 1. The predicted molar refractivity (Wildman–Crippen MR) is 56.6 cm³/mol. The van der Waals surface area contributed by atoms with Crippen LogP contribution in [0.3, 0.4) is 0 Å². The predicted octanol–water partition coefficient (Wildman–Crippen LogP) is 1.89. The first-order chi connectivity index (χ1) is 7.00. The number of benzene rings is 1. The van der Waals surface area contributed by atoms with Crippen LogP contribution in [0.15, 0.2) is 18.2 Å². The van der Waals surface area contributed by atoms with Crippen molar-refractivity contribution in [1.29, 1.82) is 0 Å². The van der Waals surface area contributed by atoms with Gasteiger partial charge in [0.25, 0.3) is 0 Å². The van der Waals surface area contributed by atoms with Gasteiger partial charge in [-0.1, -0.05) is 13.8 Å². The van der Waals surface area contributed by atoms with Gasteiger partial charge in [-0.3, -0.25) is 4.79 Å². The molecule has 1 aromatic carbocycles. The molecule has 0 aromatic heterocycles. The summed E-state index contributed by atoms with van der Waals surface area (Å²) in [6, 6.07) is 4.40. The first kappa shape index (κ1) is 10.3. The van der Waals surface area contributed by atoms with Gasteiger partial charge in [0.05, 0.1) is 6.54 Å². The van der Waals surface area contributed by atoms with Crippen molar-refractivity contribution < 1.29 is 9.18 Å². The SMILES string of the molecule is CC1(C)CNCC(=O)c2ccc(F)cc21. The van der Waals surface area contributed by atoms with Crippen LogP contribution in [0.5, 0.6) is 0 Å². The molecule has 0 saturated carbocycles. The number of carbonyl (C=O) groups is 1. The van der Waals surface area contributed by atoms with Crippen molar-refractivity contribution in [1.82, 2.24) is 5.32 Å². The third-order valence-corrected chi connectivity index (χ3v) is 2.86. The van der Waals surface area contributed by atoms with Crippen LogP contribution in [0, 0.1) is 5.82 Å². The summed E-state index contributed by atoms with van der Waals surface area (Å²) in [6.45, 7) is 5.05. The molecule has 3 heteroatoms. The lowest BCUT2D eigenvalue weighted by Crippen LogP contribution is -2.31. The molecule has 0 bridgehead atoms. The fourth-order valence-corrected chi connectivity index (χ4v) is 2.00. The summed E-state index contributed by atoms with van der Waals surface area (Å²) in [6.07, 6.45) is 0. The Hall–Kier alpha value is -1.22. The van der Waals surface area contributed by atoms with Crippen LogP contribution in [-0.2, 0) is 5.41 Å². The first-order valence-electron chi connectivity index (χ1n) is 5.05. The first-order valence-corrected chi connectivity index (χ1v) is 5.05. The van der Waals surface area contributed by atoms with Crippen molar-refractivity contribution in [3.05, 3.63) is 35.1 Å². The van der Waals surface area contributed by atoms with Crippen LogP contribution >= 0.6 is 0 Å². The van der Waals surface area contributed by atoms with Crippen LogP contribution < -0.4 is 5.32 Å². The Morgan fingerprint density at radius 2 is 2.13 bits per heavy atom. The molecule has 1 N–H and O–H groups in total. The molecule has 2 rings (SSSR count). The molecule has 0 atom stereocenters. The van der Waals surface area contributed by atoms with Gasteiger partial charge >= 0.3 is 0 Å². The third-order valence-electron chi connectivity index (χ3n) is 2.86. The van der Waals surface area contributed by atoms with Crippen LogP contribution in [0.2, 0.25) is 0 Å². The zero-order valence-corrected chi connectivity index (χ0v) is 8.93. The number of nitrogens with one attached hydrogen (secondary N) is 1. The molecule has 0 spiro atoms. The van der Waals surface area contributed by atoms with Gasteiger partial charge < -0.3 is 5.32 Å². The Kier molecular flexibility index (Phi) is 2.35. The van der Waals surface area contributed by atoms with Crippen molar-refractivity contribution in [3.8, 4) is 0 Å².